The second kappa shape index (κ2) is 12.7. The minimum atomic E-state index is 0. The molecule has 0 aliphatic heterocycles. The molecule has 0 atom stereocenters. The van der Waals surface area contributed by atoms with Gasteiger partial charge in [0.15, 0.2) is 0 Å². The molecule has 0 rings (SSSR count). The summed E-state index contributed by atoms with van der Waals surface area (Å²) in [5.41, 5.74) is 0. The van der Waals surface area contributed by atoms with Gasteiger partial charge >= 0.3 is 0 Å². The van der Waals surface area contributed by atoms with E-state index in [1.807, 2.05) is 0 Å². The zero-order valence-corrected chi connectivity index (χ0v) is 2.86. The van der Waals surface area contributed by atoms with E-state index in [1.165, 1.54) is 0 Å². The molecular weight excluding hydrogens is 54.0 g/mol. The molecule has 2 heteroatoms. The first-order valence-corrected chi connectivity index (χ1v) is 0.816. The number of methoxy groups -OCH3 is 1. The summed E-state index contributed by atoms with van der Waals surface area (Å²) < 4.78 is 4.25. The van der Waals surface area contributed by atoms with E-state index in [4.69, 9.17) is 0 Å². The van der Waals surface area contributed by atoms with Crippen molar-refractivity contribution in [3.05, 3.63) is 0 Å². The van der Waals surface area contributed by atoms with Gasteiger partial charge in [-0.05, 0) is 0 Å². The fourth-order valence-corrected chi connectivity index (χ4v) is 0. The van der Waals surface area contributed by atoms with E-state index in [9.17, 15) is 0 Å². The van der Waals surface area contributed by atoms with Gasteiger partial charge in [-0.25, -0.2) is 0 Å². The predicted octanol–water partition coefficient (Wildman–Crippen LogP) is -0.218. The lowest BCUT2D eigenvalue weighted by molar-refractivity contribution is 0.277. The molecule has 2 nitrogen and oxygen atoms in total. The summed E-state index contributed by atoms with van der Waals surface area (Å²) in [5.74, 6) is 0. The summed E-state index contributed by atoms with van der Waals surface area (Å²) in [5, 5.41) is 0. The molecule has 0 saturated carbocycles. The highest BCUT2D eigenvalue weighted by Gasteiger charge is 1.25. The zero-order chi connectivity index (χ0) is 2.71. The van der Waals surface area contributed by atoms with Crippen molar-refractivity contribution in [2.45, 2.75) is 0 Å². The monoisotopic (exact) mass is 60.0 g/mol. The Kier molecular flexibility index (Phi) is 28.8. The number of rotatable bonds is 0. The third kappa shape index (κ3) is 254. The highest BCUT2D eigenvalue weighted by atomic mass is 16.4. The molecule has 25 valence electrons. The van der Waals surface area contributed by atoms with Gasteiger partial charge in [0.25, 0.3) is 0 Å². The maximum absolute atomic E-state index is 4.25. The van der Waals surface area contributed by atoms with Crippen LogP contribution in [0.4, 0.5) is 0 Å². The minimum absolute atomic E-state index is 0. The van der Waals surface area contributed by atoms with Gasteiger partial charge in [-0.15, -0.1) is 0 Å². The third-order valence-electron chi connectivity index (χ3n) is 0. The van der Waals surface area contributed by atoms with Gasteiger partial charge in [-0.3, -0.25) is 0 Å². The summed E-state index contributed by atoms with van der Waals surface area (Å²) in [4.78, 5) is 0. The Bertz CT molecular complexity index is 6.00. The summed E-state index contributed by atoms with van der Waals surface area (Å²) in [7, 11) is 3.25. The number of hydrogen-bond acceptors (Lipinski definition) is 1. The lowest BCUT2D eigenvalue weighted by Gasteiger charge is -1.61. The quantitative estimate of drug-likeness (QED) is 0.381. The number of hydrogen-bond donors (Lipinski definition) is 0. The Morgan fingerprint density at radius 1 is 1.25 bits per heavy atom. The van der Waals surface area contributed by atoms with Crippen LogP contribution in [0.2, 0.25) is 0 Å². The minimum Gasteiger partial charge on any atom is -0.388 e. The van der Waals surface area contributed by atoms with Gasteiger partial charge in [0.2, 0.25) is 0 Å². The average Bonchev–Trinajstić information content (AvgIpc) is 0.918. The normalized spacial score (nSPS) is 4.50. The van der Waals surface area contributed by atoms with Gasteiger partial charge < -0.3 is 4.74 Å². The molecular formula is C2H6NO. The molecule has 0 bridgehead atoms. The molecule has 0 N–H and O–H groups in total. The van der Waals surface area contributed by atoms with Crippen LogP contribution >= 0.6 is 0 Å². The Labute approximate surface area is 26.4 Å². The maximum atomic E-state index is 4.25. The molecule has 3 radical (unpaired) electrons. The standard InChI is InChI=1S/C2H6O.N/c1-3-2;/h1-2H3;. The molecule has 4 heavy (non-hydrogen) atoms. The SMILES string of the molecule is COC.[N]. The average molecular weight is 60.1 g/mol. The first kappa shape index (κ1) is 9.07. The van der Waals surface area contributed by atoms with Crippen molar-refractivity contribution in [1.82, 2.24) is 6.15 Å². The molecule has 0 aliphatic rings. The Morgan fingerprint density at radius 3 is 1.25 bits per heavy atom. The van der Waals surface area contributed by atoms with Crippen LogP contribution < -0.4 is 6.15 Å². The largest absolute Gasteiger partial charge is 0.388 e. The molecule has 0 aromatic heterocycles. The Balaban J connectivity index is 0. The highest BCUT2D eigenvalue weighted by Crippen LogP contribution is 1.28. The molecule has 0 aromatic carbocycles. The van der Waals surface area contributed by atoms with Crippen LogP contribution in [0, 0.1) is 0 Å². The Hall–Kier alpha value is -0.0800. The van der Waals surface area contributed by atoms with Crippen molar-refractivity contribution in [3.8, 4) is 0 Å². The van der Waals surface area contributed by atoms with E-state index in [0.29, 0.717) is 0 Å². The topological polar surface area (TPSA) is 39.7 Å². The fraction of sp³-hybridized carbons (Fsp3) is 1.00. The van der Waals surface area contributed by atoms with E-state index < -0.39 is 0 Å². The second-order valence-corrected chi connectivity index (χ2v) is 0.408. The molecule has 0 fully saturated rings. The lowest BCUT2D eigenvalue weighted by atomic mass is 11.6. The molecule has 0 spiro atoms. The third-order valence-corrected chi connectivity index (χ3v) is 0. The van der Waals surface area contributed by atoms with E-state index in [0.717, 1.165) is 0 Å². The molecule has 0 aliphatic carbocycles. The first-order valence-electron chi connectivity index (χ1n) is 0.816. The van der Waals surface area contributed by atoms with Gasteiger partial charge in [0, 0.05) is 20.4 Å². The highest BCUT2D eigenvalue weighted by molar-refractivity contribution is 3.56. The molecule has 0 aromatic rings. The van der Waals surface area contributed by atoms with Crippen molar-refractivity contribution in [1.29, 1.82) is 0 Å². The summed E-state index contributed by atoms with van der Waals surface area (Å²) >= 11 is 0. The van der Waals surface area contributed by atoms with Crippen LogP contribution in [-0.2, 0) is 4.74 Å². The zero-order valence-electron chi connectivity index (χ0n) is 2.86. The molecule has 0 saturated heterocycles. The van der Waals surface area contributed by atoms with Gasteiger partial charge in [0.1, 0.15) is 0 Å². The summed E-state index contributed by atoms with van der Waals surface area (Å²) in [6.45, 7) is 0. The van der Waals surface area contributed by atoms with Crippen molar-refractivity contribution < 1.29 is 4.74 Å². The Morgan fingerprint density at radius 2 is 1.25 bits per heavy atom. The van der Waals surface area contributed by atoms with Crippen LogP contribution in [0.3, 0.4) is 0 Å². The predicted molar refractivity (Wildman–Crippen MR) is 15.1 cm³/mol. The number of ether oxygens (including phenoxy) is 1. The van der Waals surface area contributed by atoms with Crippen molar-refractivity contribution in [2.24, 2.45) is 0 Å². The van der Waals surface area contributed by atoms with Gasteiger partial charge in [-0.1, -0.05) is 0 Å². The lowest BCUT2D eigenvalue weighted by Crippen LogP contribution is -1.55. The van der Waals surface area contributed by atoms with Crippen molar-refractivity contribution in [2.75, 3.05) is 14.2 Å². The van der Waals surface area contributed by atoms with Crippen LogP contribution in [0.5, 0.6) is 0 Å². The summed E-state index contributed by atoms with van der Waals surface area (Å²) in [6, 6.07) is 0. The smallest absolute Gasteiger partial charge is 0.0351 e. The van der Waals surface area contributed by atoms with Crippen LogP contribution in [-0.4, -0.2) is 14.2 Å². The summed E-state index contributed by atoms with van der Waals surface area (Å²) in [6.07, 6.45) is 0. The van der Waals surface area contributed by atoms with Crippen LogP contribution in [0.15, 0.2) is 0 Å². The van der Waals surface area contributed by atoms with Crippen LogP contribution in [0.1, 0.15) is 0 Å². The maximum Gasteiger partial charge on any atom is 0.0351 e. The molecule has 0 unspecified atom stereocenters. The fourth-order valence-electron chi connectivity index (χ4n) is 0. The second-order valence-electron chi connectivity index (χ2n) is 0.408. The van der Waals surface area contributed by atoms with E-state index >= 15 is 0 Å². The molecule has 0 heterocycles. The van der Waals surface area contributed by atoms with Gasteiger partial charge in [0.05, 0.1) is 0 Å². The van der Waals surface area contributed by atoms with E-state index in [-0.39, 0.29) is 6.15 Å². The van der Waals surface area contributed by atoms with E-state index in [1.54, 1.807) is 14.2 Å². The van der Waals surface area contributed by atoms with Crippen molar-refractivity contribution in [3.63, 3.8) is 0 Å². The van der Waals surface area contributed by atoms with E-state index in [2.05, 4.69) is 4.74 Å². The first-order chi connectivity index (χ1) is 1.41. The molecule has 0 amide bonds. The van der Waals surface area contributed by atoms with Crippen LogP contribution in [0.25, 0.3) is 0 Å². The van der Waals surface area contributed by atoms with Crippen molar-refractivity contribution >= 4 is 0 Å². The number of nitrogens with zero attached hydrogens (tertiary/aromatic N) is 1. The van der Waals surface area contributed by atoms with Gasteiger partial charge in [-0.2, -0.15) is 0 Å².